The summed E-state index contributed by atoms with van der Waals surface area (Å²) < 4.78 is 11.8. The summed E-state index contributed by atoms with van der Waals surface area (Å²) in [5, 5.41) is 0. The van der Waals surface area contributed by atoms with Crippen molar-refractivity contribution in [2.45, 2.75) is 52.7 Å². The smallest absolute Gasteiger partial charge is 0.135 e. The van der Waals surface area contributed by atoms with Crippen molar-refractivity contribution in [3.05, 3.63) is 58.4 Å². The molecule has 0 aromatic carbocycles. The minimum Gasteiger partial charge on any atom is -0.369 e. The standard InChI is InChI=1S/C26H32N4O2/c1-25(2)13-19-23(31-5)17-10-8-16(28-17)12-22-26(3,4)14-20(30-22)24(32-6)18-9-7-15(27-18)11-21(25)29-19/h7-12,23-24,27-28H,13-14H2,1-6H3/b21-11-,22-12-. The van der Waals surface area contributed by atoms with Crippen molar-refractivity contribution in [2.24, 2.45) is 20.8 Å². The molecule has 6 nitrogen and oxygen atoms in total. The van der Waals surface area contributed by atoms with E-state index in [0.29, 0.717) is 0 Å². The molecular weight excluding hydrogens is 400 g/mol. The molecule has 2 atom stereocenters. The monoisotopic (exact) mass is 432 g/mol. The number of H-pyrrole nitrogens is 2. The SMILES string of the molecule is COC1C2=N/C(=C\c3ccc([nH]3)C(OC)C3=N/C(=C\c4ccc1[nH]4)C(C)(C)C3)C(C)(C)C2. The van der Waals surface area contributed by atoms with Gasteiger partial charge in [-0.15, -0.1) is 0 Å². The normalized spacial score (nSPS) is 29.1. The Morgan fingerprint density at radius 2 is 1.12 bits per heavy atom. The second kappa shape index (κ2) is 7.42. The molecular formula is C26H32N4O2. The highest BCUT2D eigenvalue weighted by Crippen LogP contribution is 2.44. The summed E-state index contributed by atoms with van der Waals surface area (Å²) in [7, 11) is 3.50. The Labute approximate surface area is 189 Å². The van der Waals surface area contributed by atoms with Crippen LogP contribution < -0.4 is 0 Å². The Hall–Kier alpha value is -2.70. The van der Waals surface area contributed by atoms with Crippen LogP contribution >= 0.6 is 0 Å². The molecule has 3 aliphatic rings. The first-order valence-electron chi connectivity index (χ1n) is 11.2. The molecule has 3 aliphatic heterocycles. The van der Waals surface area contributed by atoms with Crippen LogP contribution in [0, 0.1) is 10.8 Å². The lowest BCUT2D eigenvalue weighted by Gasteiger charge is -2.20. The molecule has 0 radical (unpaired) electrons. The quantitative estimate of drug-likeness (QED) is 0.624. The van der Waals surface area contributed by atoms with Gasteiger partial charge in [0.25, 0.3) is 0 Å². The first-order chi connectivity index (χ1) is 15.2. The maximum absolute atomic E-state index is 5.91. The molecule has 2 aromatic rings. The summed E-state index contributed by atoms with van der Waals surface area (Å²) in [6, 6.07) is 8.38. The van der Waals surface area contributed by atoms with Crippen molar-refractivity contribution in [1.82, 2.24) is 9.97 Å². The van der Waals surface area contributed by atoms with Crippen molar-refractivity contribution in [3.63, 3.8) is 0 Å². The number of aliphatic imine (C=N–C) groups is 2. The number of ether oxygens (including phenoxy) is 2. The summed E-state index contributed by atoms with van der Waals surface area (Å²) >= 11 is 0. The average molecular weight is 433 g/mol. The zero-order chi connectivity index (χ0) is 22.7. The highest BCUT2D eigenvalue weighted by molar-refractivity contribution is 5.95. The van der Waals surface area contributed by atoms with Crippen LogP contribution in [0.3, 0.4) is 0 Å². The van der Waals surface area contributed by atoms with Crippen LogP contribution in [0.15, 0.2) is 45.6 Å². The summed E-state index contributed by atoms with van der Waals surface area (Å²) in [5.74, 6) is 0. The summed E-state index contributed by atoms with van der Waals surface area (Å²) in [4.78, 5) is 17.2. The van der Waals surface area contributed by atoms with Gasteiger partial charge in [0.05, 0.1) is 22.8 Å². The van der Waals surface area contributed by atoms with Gasteiger partial charge in [-0.05, 0) is 49.3 Å². The molecule has 5 heterocycles. The van der Waals surface area contributed by atoms with Gasteiger partial charge in [0.1, 0.15) is 12.2 Å². The third-order valence-electron chi connectivity index (χ3n) is 6.85. The van der Waals surface area contributed by atoms with E-state index in [0.717, 1.165) is 58.4 Å². The van der Waals surface area contributed by atoms with Crippen LogP contribution in [0.5, 0.6) is 0 Å². The first-order valence-corrected chi connectivity index (χ1v) is 11.2. The second-order valence-corrected chi connectivity index (χ2v) is 10.4. The molecule has 2 N–H and O–H groups in total. The van der Waals surface area contributed by atoms with E-state index in [1.54, 1.807) is 14.2 Å². The maximum atomic E-state index is 5.91. The number of aromatic nitrogens is 2. The number of rotatable bonds is 2. The highest BCUT2D eigenvalue weighted by Gasteiger charge is 2.38. The second-order valence-electron chi connectivity index (χ2n) is 10.4. The van der Waals surface area contributed by atoms with Crippen LogP contribution in [0.2, 0.25) is 0 Å². The molecule has 2 unspecified atom stereocenters. The van der Waals surface area contributed by atoms with E-state index < -0.39 is 0 Å². The molecule has 0 saturated heterocycles. The van der Waals surface area contributed by atoms with Crippen molar-refractivity contribution in [3.8, 4) is 0 Å². The lowest BCUT2D eigenvalue weighted by molar-refractivity contribution is 0.152. The predicted molar refractivity (Wildman–Crippen MR) is 129 cm³/mol. The molecule has 0 saturated carbocycles. The van der Waals surface area contributed by atoms with Gasteiger partial charge in [0.2, 0.25) is 0 Å². The third-order valence-corrected chi connectivity index (χ3v) is 6.85. The molecule has 8 bridgehead atoms. The fourth-order valence-corrected chi connectivity index (χ4v) is 5.05. The van der Waals surface area contributed by atoms with Crippen LogP contribution in [0.4, 0.5) is 0 Å². The fourth-order valence-electron chi connectivity index (χ4n) is 5.05. The Balaban J connectivity index is 1.69. The maximum Gasteiger partial charge on any atom is 0.135 e. The molecule has 0 spiro atoms. The molecule has 2 aromatic heterocycles. The number of nitrogens with one attached hydrogen (secondary N) is 2. The number of nitrogens with zero attached hydrogens (tertiary/aromatic N) is 2. The van der Waals surface area contributed by atoms with Crippen molar-refractivity contribution in [1.29, 1.82) is 0 Å². The lowest BCUT2D eigenvalue weighted by atomic mass is 9.85. The zero-order valence-corrected chi connectivity index (χ0v) is 19.7. The zero-order valence-electron chi connectivity index (χ0n) is 19.7. The largest absolute Gasteiger partial charge is 0.369 e. The number of hydrogen-bond acceptors (Lipinski definition) is 4. The Morgan fingerprint density at radius 1 is 0.719 bits per heavy atom. The van der Waals surface area contributed by atoms with Gasteiger partial charge in [-0.1, -0.05) is 27.7 Å². The van der Waals surface area contributed by atoms with Gasteiger partial charge in [-0.3, -0.25) is 9.98 Å². The van der Waals surface area contributed by atoms with Crippen molar-refractivity contribution in [2.75, 3.05) is 14.2 Å². The Kier molecular flexibility index (Phi) is 4.91. The number of hydrogen-bond donors (Lipinski definition) is 2. The van der Waals surface area contributed by atoms with Gasteiger partial charge < -0.3 is 19.4 Å². The van der Waals surface area contributed by atoms with E-state index >= 15 is 0 Å². The minimum atomic E-state index is -0.201. The molecule has 0 amide bonds. The van der Waals surface area contributed by atoms with E-state index in [4.69, 9.17) is 19.5 Å². The van der Waals surface area contributed by atoms with Gasteiger partial charge in [-0.25, -0.2) is 0 Å². The minimum absolute atomic E-state index is 0.0728. The summed E-state index contributed by atoms with van der Waals surface area (Å²) in [5.41, 5.74) is 8.11. The van der Waals surface area contributed by atoms with Crippen molar-refractivity contribution < 1.29 is 9.47 Å². The third kappa shape index (κ3) is 3.51. The number of aromatic amines is 2. The highest BCUT2D eigenvalue weighted by atomic mass is 16.5. The van der Waals surface area contributed by atoms with E-state index in [-0.39, 0.29) is 23.0 Å². The fraction of sp³-hybridized carbons (Fsp3) is 0.462. The van der Waals surface area contributed by atoms with E-state index in [2.05, 4.69) is 74.1 Å². The van der Waals surface area contributed by atoms with Gasteiger partial charge in [0.15, 0.2) is 0 Å². The summed E-state index contributed by atoms with van der Waals surface area (Å²) in [6.07, 6.45) is 5.59. The predicted octanol–water partition coefficient (Wildman–Crippen LogP) is 5.86. The average Bonchev–Trinajstić information content (AvgIpc) is 3.47. The molecule has 168 valence electrons. The summed E-state index contributed by atoms with van der Waals surface area (Å²) in [6.45, 7) is 8.94. The molecule has 0 fully saturated rings. The van der Waals surface area contributed by atoms with Gasteiger partial charge in [0, 0.05) is 47.8 Å². The Morgan fingerprint density at radius 3 is 1.50 bits per heavy atom. The van der Waals surface area contributed by atoms with Gasteiger partial charge >= 0.3 is 0 Å². The van der Waals surface area contributed by atoms with Crippen LogP contribution in [-0.2, 0) is 9.47 Å². The van der Waals surface area contributed by atoms with E-state index in [1.165, 1.54) is 0 Å². The number of fused-ring (bicyclic) bond motifs is 6. The van der Waals surface area contributed by atoms with E-state index in [1.807, 2.05) is 0 Å². The molecule has 32 heavy (non-hydrogen) atoms. The topological polar surface area (TPSA) is 74.8 Å². The molecule has 6 heteroatoms. The van der Waals surface area contributed by atoms with E-state index in [9.17, 15) is 0 Å². The molecule has 0 aliphatic carbocycles. The van der Waals surface area contributed by atoms with Gasteiger partial charge in [-0.2, -0.15) is 0 Å². The Bertz CT molecular complexity index is 1080. The molecule has 5 rings (SSSR count). The van der Waals surface area contributed by atoms with Crippen LogP contribution in [0.25, 0.3) is 12.2 Å². The van der Waals surface area contributed by atoms with Crippen molar-refractivity contribution >= 4 is 23.6 Å². The first kappa shape index (κ1) is 21.2. The lowest BCUT2D eigenvalue weighted by Crippen LogP contribution is -2.18. The van der Waals surface area contributed by atoms with Crippen LogP contribution in [-0.4, -0.2) is 35.6 Å². The number of allylic oxidation sites excluding steroid dienone is 2. The van der Waals surface area contributed by atoms with Crippen LogP contribution in [0.1, 0.15) is 75.5 Å². The number of methoxy groups -OCH3 is 2.